The SMILES string of the molecule is OCCn1cc(-c2cnc3nnn(Cc4ccc5nccn5n4)c3n2)cn1. The van der Waals surface area contributed by atoms with Gasteiger partial charge in [0, 0.05) is 24.2 Å². The lowest BCUT2D eigenvalue weighted by molar-refractivity contribution is 0.269. The second-order valence-corrected chi connectivity index (χ2v) is 5.92. The summed E-state index contributed by atoms with van der Waals surface area (Å²) in [6.07, 6.45) is 8.63. The topological polar surface area (TPSA) is 125 Å². The van der Waals surface area contributed by atoms with Crippen LogP contribution in [0, 0.1) is 0 Å². The Labute approximate surface area is 151 Å². The molecule has 1 N–H and O–H groups in total. The normalized spacial score (nSPS) is 11.6. The largest absolute Gasteiger partial charge is 0.394 e. The molecule has 0 aliphatic heterocycles. The molecule has 0 unspecified atom stereocenters. The van der Waals surface area contributed by atoms with E-state index < -0.39 is 0 Å². The summed E-state index contributed by atoms with van der Waals surface area (Å²) in [4.78, 5) is 13.2. The molecule has 5 aromatic rings. The van der Waals surface area contributed by atoms with Crippen molar-refractivity contribution in [2.45, 2.75) is 13.1 Å². The highest BCUT2D eigenvalue weighted by Crippen LogP contribution is 2.18. The Hall–Kier alpha value is -3.73. The van der Waals surface area contributed by atoms with E-state index in [1.807, 2.05) is 18.3 Å². The van der Waals surface area contributed by atoms with E-state index in [4.69, 9.17) is 5.11 Å². The van der Waals surface area contributed by atoms with Crippen LogP contribution < -0.4 is 0 Å². The molecule has 0 aliphatic rings. The zero-order chi connectivity index (χ0) is 18.2. The molecule has 27 heavy (non-hydrogen) atoms. The second kappa shape index (κ2) is 6.21. The highest BCUT2D eigenvalue weighted by molar-refractivity contribution is 5.69. The molecule has 5 aromatic heterocycles. The van der Waals surface area contributed by atoms with Crippen LogP contribution in [-0.4, -0.2) is 61.1 Å². The fourth-order valence-corrected chi connectivity index (χ4v) is 2.81. The summed E-state index contributed by atoms with van der Waals surface area (Å²) < 4.78 is 5.02. The molecular formula is C16H14N10O. The molecule has 11 heteroatoms. The first-order chi connectivity index (χ1) is 13.3. The molecule has 134 valence electrons. The molecule has 5 heterocycles. The quantitative estimate of drug-likeness (QED) is 0.469. The van der Waals surface area contributed by atoms with Gasteiger partial charge in [-0.2, -0.15) is 10.2 Å². The van der Waals surface area contributed by atoms with E-state index in [9.17, 15) is 0 Å². The Kier molecular flexibility index (Phi) is 3.57. The summed E-state index contributed by atoms with van der Waals surface area (Å²) in [7, 11) is 0. The zero-order valence-corrected chi connectivity index (χ0v) is 14.1. The predicted octanol–water partition coefficient (Wildman–Crippen LogP) is 0.168. The van der Waals surface area contributed by atoms with Crippen LogP contribution >= 0.6 is 0 Å². The van der Waals surface area contributed by atoms with Crippen LogP contribution in [-0.2, 0) is 13.1 Å². The average Bonchev–Trinajstić information content (AvgIpc) is 3.41. The van der Waals surface area contributed by atoms with Gasteiger partial charge in [0.15, 0.2) is 11.3 Å². The van der Waals surface area contributed by atoms with Gasteiger partial charge in [0.25, 0.3) is 0 Å². The van der Waals surface area contributed by atoms with Gasteiger partial charge < -0.3 is 5.11 Å². The molecule has 0 atom stereocenters. The summed E-state index contributed by atoms with van der Waals surface area (Å²) in [5.41, 5.74) is 4.08. The summed E-state index contributed by atoms with van der Waals surface area (Å²) in [6.45, 7) is 0.862. The van der Waals surface area contributed by atoms with Gasteiger partial charge >= 0.3 is 0 Å². The van der Waals surface area contributed by atoms with Crippen LogP contribution in [0.5, 0.6) is 0 Å². The van der Waals surface area contributed by atoms with Crippen LogP contribution in [0.2, 0.25) is 0 Å². The van der Waals surface area contributed by atoms with Crippen molar-refractivity contribution in [1.29, 1.82) is 0 Å². The second-order valence-electron chi connectivity index (χ2n) is 5.92. The standard InChI is InChI=1S/C16H14N10O/c27-6-5-24-9-11(7-19-24)13-8-18-15-16(20-13)26(23-21-15)10-12-1-2-14-17-3-4-25(14)22-12/h1-4,7-9,27H,5-6,10H2. The minimum absolute atomic E-state index is 0.0246. The molecule has 0 saturated carbocycles. The van der Waals surface area contributed by atoms with Crippen LogP contribution in [0.3, 0.4) is 0 Å². The maximum atomic E-state index is 9.02. The number of aliphatic hydroxyl groups is 1. The molecule has 0 bridgehead atoms. The van der Waals surface area contributed by atoms with Crippen molar-refractivity contribution in [3.05, 3.63) is 48.8 Å². The minimum atomic E-state index is 0.0246. The number of aliphatic hydroxyl groups excluding tert-OH is 1. The minimum Gasteiger partial charge on any atom is -0.394 e. The highest BCUT2D eigenvalue weighted by Gasteiger charge is 2.12. The third-order valence-corrected chi connectivity index (χ3v) is 4.11. The van der Waals surface area contributed by atoms with Crippen LogP contribution in [0.4, 0.5) is 0 Å². The van der Waals surface area contributed by atoms with E-state index in [1.54, 1.807) is 38.7 Å². The maximum Gasteiger partial charge on any atom is 0.221 e. The van der Waals surface area contributed by atoms with Crippen molar-refractivity contribution in [3.63, 3.8) is 0 Å². The third kappa shape index (κ3) is 2.79. The van der Waals surface area contributed by atoms with Crippen molar-refractivity contribution < 1.29 is 5.11 Å². The van der Waals surface area contributed by atoms with Gasteiger partial charge in [0.05, 0.1) is 43.5 Å². The van der Waals surface area contributed by atoms with E-state index >= 15 is 0 Å². The first kappa shape index (κ1) is 15.5. The van der Waals surface area contributed by atoms with E-state index in [0.717, 1.165) is 16.9 Å². The molecule has 0 radical (unpaired) electrons. The van der Waals surface area contributed by atoms with Crippen molar-refractivity contribution >= 4 is 16.9 Å². The highest BCUT2D eigenvalue weighted by atomic mass is 16.3. The van der Waals surface area contributed by atoms with Crippen molar-refractivity contribution in [2.75, 3.05) is 6.61 Å². The van der Waals surface area contributed by atoms with Gasteiger partial charge in [0.2, 0.25) is 5.65 Å². The Bertz CT molecular complexity index is 1240. The number of rotatable bonds is 5. The third-order valence-electron chi connectivity index (χ3n) is 4.11. The number of imidazole rings is 1. The average molecular weight is 362 g/mol. The molecule has 0 aromatic carbocycles. The molecule has 0 aliphatic carbocycles. The molecule has 0 spiro atoms. The van der Waals surface area contributed by atoms with Crippen LogP contribution in [0.25, 0.3) is 28.2 Å². The summed E-state index contributed by atoms with van der Waals surface area (Å²) in [5.74, 6) is 0. The van der Waals surface area contributed by atoms with Gasteiger partial charge in [-0.25, -0.2) is 24.1 Å². The van der Waals surface area contributed by atoms with Crippen LogP contribution in [0.1, 0.15) is 5.69 Å². The van der Waals surface area contributed by atoms with Gasteiger partial charge in [-0.3, -0.25) is 4.68 Å². The Morgan fingerprint density at radius 1 is 1.11 bits per heavy atom. The monoisotopic (exact) mass is 362 g/mol. The number of hydrogen-bond acceptors (Lipinski definition) is 8. The maximum absolute atomic E-state index is 9.02. The summed E-state index contributed by atoms with van der Waals surface area (Å²) in [5, 5.41) is 25.9. The summed E-state index contributed by atoms with van der Waals surface area (Å²) >= 11 is 0. The number of fused-ring (bicyclic) bond motifs is 2. The Morgan fingerprint density at radius 2 is 2.07 bits per heavy atom. The predicted molar refractivity (Wildman–Crippen MR) is 93.5 cm³/mol. The van der Waals surface area contributed by atoms with Gasteiger partial charge in [-0.1, -0.05) is 5.21 Å². The van der Waals surface area contributed by atoms with E-state index in [0.29, 0.717) is 30.1 Å². The van der Waals surface area contributed by atoms with Gasteiger partial charge in [-0.15, -0.1) is 5.10 Å². The van der Waals surface area contributed by atoms with Crippen molar-refractivity contribution in [1.82, 2.24) is 49.3 Å². The first-order valence-electron chi connectivity index (χ1n) is 8.29. The first-order valence-corrected chi connectivity index (χ1v) is 8.29. The Morgan fingerprint density at radius 3 is 3.00 bits per heavy atom. The Balaban J connectivity index is 1.50. The van der Waals surface area contributed by atoms with Crippen molar-refractivity contribution in [2.24, 2.45) is 0 Å². The lowest BCUT2D eigenvalue weighted by Gasteiger charge is -2.03. The molecule has 0 amide bonds. The molecule has 0 saturated heterocycles. The number of aromatic nitrogens is 10. The number of nitrogens with zero attached hydrogens (tertiary/aromatic N) is 10. The summed E-state index contributed by atoms with van der Waals surface area (Å²) in [6, 6.07) is 3.79. The zero-order valence-electron chi connectivity index (χ0n) is 14.1. The fraction of sp³-hybridized carbons (Fsp3) is 0.188. The lowest BCUT2D eigenvalue weighted by Crippen LogP contribution is -2.07. The van der Waals surface area contributed by atoms with Crippen molar-refractivity contribution in [3.8, 4) is 11.3 Å². The van der Waals surface area contributed by atoms with Gasteiger partial charge in [-0.05, 0) is 12.1 Å². The van der Waals surface area contributed by atoms with Gasteiger partial charge in [0.1, 0.15) is 0 Å². The smallest absolute Gasteiger partial charge is 0.221 e. The molecule has 11 nitrogen and oxygen atoms in total. The number of hydrogen-bond donors (Lipinski definition) is 1. The van der Waals surface area contributed by atoms with Crippen LogP contribution in [0.15, 0.2) is 43.1 Å². The van der Waals surface area contributed by atoms with E-state index in [1.165, 1.54) is 0 Å². The fourth-order valence-electron chi connectivity index (χ4n) is 2.81. The molecular weight excluding hydrogens is 348 g/mol. The molecule has 5 rings (SSSR count). The molecule has 0 fully saturated rings. The van der Waals surface area contributed by atoms with E-state index in [-0.39, 0.29) is 6.61 Å². The lowest BCUT2D eigenvalue weighted by atomic mass is 10.3. The van der Waals surface area contributed by atoms with E-state index in [2.05, 4.69) is 35.5 Å².